The highest BCUT2D eigenvalue weighted by atomic mass is 28.3. The molecule has 2 nitrogen and oxygen atoms in total. The Morgan fingerprint density at radius 2 is 1.54 bits per heavy atom. The van der Waals surface area contributed by atoms with E-state index in [1.807, 2.05) is 0 Å². The van der Waals surface area contributed by atoms with E-state index in [2.05, 4.69) is 81.4 Å². The average molecular weight is 339 g/mol. The number of hydrogen-bond donors (Lipinski definition) is 0. The van der Waals surface area contributed by atoms with Crippen molar-refractivity contribution < 1.29 is 9.16 Å². The van der Waals surface area contributed by atoms with E-state index in [0.717, 1.165) is 6.61 Å². The maximum Gasteiger partial charge on any atom is 0.240 e. The summed E-state index contributed by atoms with van der Waals surface area (Å²) >= 11 is 0. The molecule has 126 valence electrons. The fourth-order valence-electron chi connectivity index (χ4n) is 4.21. The molecule has 0 bridgehead atoms. The van der Waals surface area contributed by atoms with Crippen molar-refractivity contribution in [2.24, 2.45) is 11.3 Å². The summed E-state index contributed by atoms with van der Waals surface area (Å²) in [5.74, 6) is 0.608. The minimum atomic E-state index is -1.66. The van der Waals surface area contributed by atoms with Crippen molar-refractivity contribution in [3.8, 4) is 0 Å². The van der Waals surface area contributed by atoms with Gasteiger partial charge in [-0.15, -0.1) is 0 Å². The molecule has 1 saturated heterocycles. The van der Waals surface area contributed by atoms with Crippen molar-refractivity contribution in [2.45, 2.75) is 38.9 Å². The maximum absolute atomic E-state index is 6.60. The summed E-state index contributed by atoms with van der Waals surface area (Å²) in [7, 11) is -1.66. The summed E-state index contributed by atoms with van der Waals surface area (Å²) < 4.78 is 12.7. The van der Waals surface area contributed by atoms with Gasteiger partial charge in [0.05, 0.1) is 12.7 Å². The van der Waals surface area contributed by atoms with Gasteiger partial charge in [0.15, 0.2) is 0 Å². The van der Waals surface area contributed by atoms with E-state index in [1.54, 1.807) is 0 Å². The quantitative estimate of drug-likeness (QED) is 0.618. The van der Waals surface area contributed by atoms with Crippen molar-refractivity contribution in [2.75, 3.05) is 6.61 Å². The van der Waals surface area contributed by atoms with E-state index in [4.69, 9.17) is 9.16 Å². The summed E-state index contributed by atoms with van der Waals surface area (Å²) in [4.78, 5) is 0. The first-order valence-corrected chi connectivity index (χ1v) is 10.5. The molecule has 2 aromatic carbocycles. The Morgan fingerprint density at radius 1 is 1.00 bits per heavy atom. The highest BCUT2D eigenvalue weighted by molar-refractivity contribution is 6.80. The molecule has 3 atom stereocenters. The molecule has 24 heavy (non-hydrogen) atoms. The highest BCUT2D eigenvalue weighted by Crippen LogP contribution is 2.63. The first-order valence-electron chi connectivity index (χ1n) is 8.90. The van der Waals surface area contributed by atoms with Gasteiger partial charge in [0.25, 0.3) is 0 Å². The van der Waals surface area contributed by atoms with E-state index in [0.29, 0.717) is 12.0 Å². The molecular formula is C21H26O2Si. The Hall–Kier alpha value is -1.42. The van der Waals surface area contributed by atoms with Gasteiger partial charge in [-0.1, -0.05) is 81.4 Å². The molecule has 4 rings (SSSR count). The minimum absolute atomic E-state index is 0.00688. The average Bonchev–Trinajstić information content (AvgIpc) is 3.11. The van der Waals surface area contributed by atoms with E-state index < -0.39 is 9.04 Å². The van der Waals surface area contributed by atoms with Crippen LogP contribution in [-0.2, 0) is 9.16 Å². The molecule has 2 aromatic rings. The van der Waals surface area contributed by atoms with Crippen molar-refractivity contribution >= 4 is 19.4 Å². The van der Waals surface area contributed by atoms with Crippen LogP contribution in [-0.4, -0.2) is 27.4 Å². The first kappa shape index (κ1) is 16.1. The predicted molar refractivity (Wildman–Crippen MR) is 100 cm³/mol. The van der Waals surface area contributed by atoms with Gasteiger partial charge in [0.1, 0.15) is 5.60 Å². The molecule has 0 radical (unpaired) electrons. The molecule has 1 aliphatic carbocycles. The van der Waals surface area contributed by atoms with Gasteiger partial charge in [-0.2, -0.15) is 0 Å². The molecule has 1 heterocycles. The third-order valence-electron chi connectivity index (χ3n) is 5.61. The second kappa shape index (κ2) is 5.83. The summed E-state index contributed by atoms with van der Waals surface area (Å²) in [5.41, 5.74) is 0.278. The fourth-order valence-corrected chi connectivity index (χ4v) is 6.55. The van der Waals surface area contributed by atoms with Crippen molar-refractivity contribution in [1.29, 1.82) is 0 Å². The molecule has 2 aliphatic rings. The zero-order valence-corrected chi connectivity index (χ0v) is 15.9. The van der Waals surface area contributed by atoms with E-state index in [-0.39, 0.29) is 11.0 Å². The second-order valence-electron chi connectivity index (χ2n) is 8.23. The summed E-state index contributed by atoms with van der Waals surface area (Å²) in [5, 5.41) is 2.67. The largest absolute Gasteiger partial charge is 0.408 e. The molecule has 0 N–H and O–H groups in total. The Kier molecular flexibility index (Phi) is 3.90. The van der Waals surface area contributed by atoms with E-state index in [1.165, 1.54) is 16.8 Å². The van der Waals surface area contributed by atoms with Gasteiger partial charge in [-0.05, 0) is 22.2 Å². The SMILES string of the molecule is CC(C)(C)[C@H]1C[C@@H]2O[C@@]21CO[SiH](c1ccccc1)c1ccccc1. The Balaban J connectivity index is 1.54. The van der Waals surface area contributed by atoms with Crippen LogP contribution in [0.3, 0.4) is 0 Å². The monoisotopic (exact) mass is 338 g/mol. The topological polar surface area (TPSA) is 21.8 Å². The maximum atomic E-state index is 6.60. The standard InChI is InChI=1S/C21H26O2Si/c1-20(2,3)18-14-19-21(18,23-19)15-22-24(16-10-6-4-7-11-16)17-12-8-5-9-13-17/h4-13,18-19,24H,14-15H2,1-3H3/t18-,19+,21-/m1/s1. The van der Waals surface area contributed by atoms with Gasteiger partial charge in [0, 0.05) is 5.92 Å². The van der Waals surface area contributed by atoms with Crippen LogP contribution in [0.4, 0.5) is 0 Å². The van der Waals surface area contributed by atoms with Gasteiger partial charge < -0.3 is 9.16 Å². The van der Waals surface area contributed by atoms with Crippen molar-refractivity contribution in [3.05, 3.63) is 60.7 Å². The molecule has 1 saturated carbocycles. The Bertz CT molecular complexity index is 655. The number of hydrogen-bond acceptors (Lipinski definition) is 2. The molecule has 2 fully saturated rings. The van der Waals surface area contributed by atoms with E-state index in [9.17, 15) is 0 Å². The normalized spacial score (nSPS) is 28.3. The number of ether oxygens (including phenoxy) is 1. The van der Waals surface area contributed by atoms with Gasteiger partial charge in [0.2, 0.25) is 9.04 Å². The smallest absolute Gasteiger partial charge is 0.240 e. The van der Waals surface area contributed by atoms with Crippen LogP contribution in [0.2, 0.25) is 0 Å². The van der Waals surface area contributed by atoms with Crippen LogP contribution in [0.1, 0.15) is 27.2 Å². The Morgan fingerprint density at radius 3 is 1.96 bits per heavy atom. The molecule has 0 spiro atoms. The van der Waals surface area contributed by atoms with Crippen LogP contribution in [0.15, 0.2) is 60.7 Å². The molecule has 3 heteroatoms. The Labute approximate surface area is 146 Å². The first-order chi connectivity index (χ1) is 11.5. The lowest BCUT2D eigenvalue weighted by Gasteiger charge is -2.41. The van der Waals surface area contributed by atoms with Crippen LogP contribution >= 0.6 is 0 Å². The summed E-state index contributed by atoms with van der Waals surface area (Å²) in [6.45, 7) is 7.70. The fraction of sp³-hybridized carbons (Fsp3) is 0.429. The molecular weight excluding hydrogens is 312 g/mol. The molecule has 0 amide bonds. The van der Waals surface area contributed by atoms with Crippen molar-refractivity contribution in [1.82, 2.24) is 0 Å². The summed E-state index contributed by atoms with van der Waals surface area (Å²) in [6, 6.07) is 21.4. The molecule has 0 aromatic heterocycles. The molecule has 0 unspecified atom stereocenters. The number of benzene rings is 2. The highest BCUT2D eigenvalue weighted by Gasteiger charge is 2.72. The van der Waals surface area contributed by atoms with Crippen LogP contribution < -0.4 is 10.4 Å². The zero-order valence-electron chi connectivity index (χ0n) is 14.7. The number of rotatable bonds is 5. The number of fused-ring (bicyclic) bond motifs is 1. The lowest BCUT2D eigenvalue weighted by atomic mass is 9.61. The van der Waals surface area contributed by atoms with Crippen LogP contribution in [0.25, 0.3) is 0 Å². The molecule has 1 aliphatic heterocycles. The van der Waals surface area contributed by atoms with Gasteiger partial charge in [-0.3, -0.25) is 0 Å². The summed E-state index contributed by atoms with van der Waals surface area (Å²) in [6.07, 6.45) is 1.62. The van der Waals surface area contributed by atoms with Crippen LogP contribution in [0, 0.1) is 11.3 Å². The lowest BCUT2D eigenvalue weighted by Crippen LogP contribution is -2.52. The predicted octanol–water partition coefficient (Wildman–Crippen LogP) is 2.74. The third-order valence-corrected chi connectivity index (χ3v) is 8.10. The third kappa shape index (κ3) is 2.75. The van der Waals surface area contributed by atoms with Crippen LogP contribution in [0.5, 0.6) is 0 Å². The zero-order chi connectivity index (χ0) is 16.8. The minimum Gasteiger partial charge on any atom is -0.408 e. The van der Waals surface area contributed by atoms with Gasteiger partial charge >= 0.3 is 0 Å². The number of epoxide rings is 1. The second-order valence-corrected chi connectivity index (χ2v) is 10.7. The van der Waals surface area contributed by atoms with Gasteiger partial charge in [-0.25, -0.2) is 0 Å². The van der Waals surface area contributed by atoms with Crippen molar-refractivity contribution in [3.63, 3.8) is 0 Å². The lowest BCUT2D eigenvalue weighted by molar-refractivity contribution is 0.0547. The van der Waals surface area contributed by atoms with E-state index >= 15 is 0 Å².